The average Bonchev–Trinajstić information content (AvgIpc) is 2.64. The van der Waals surface area contributed by atoms with Gasteiger partial charge in [-0.15, -0.1) is 0 Å². The molecule has 0 aliphatic rings. The molecule has 0 unspecified atom stereocenters. The zero-order valence-corrected chi connectivity index (χ0v) is 17.4. The van der Waals surface area contributed by atoms with Crippen LogP contribution in [-0.4, -0.2) is 40.3 Å². The monoisotopic (exact) mass is 425 g/mol. The van der Waals surface area contributed by atoms with Crippen LogP contribution in [0.1, 0.15) is 12.5 Å². The normalized spacial score (nSPS) is 11.0. The number of aryl methyl sites for hydroxylation is 1. The molecule has 2 rings (SSSR count). The zero-order valence-electron chi connectivity index (χ0n) is 15.8. The second-order valence-electron chi connectivity index (χ2n) is 6.12. The molecule has 1 amide bonds. The topological polar surface area (TPSA) is 96.5 Å². The molecule has 0 heterocycles. The van der Waals surface area contributed by atoms with E-state index in [4.69, 9.17) is 16.3 Å². The van der Waals surface area contributed by atoms with Crippen LogP contribution in [-0.2, 0) is 21.2 Å². The Hall–Kier alpha value is -2.45. The molecule has 0 fully saturated rings. The van der Waals surface area contributed by atoms with Gasteiger partial charge in [0.2, 0.25) is 10.0 Å². The molecule has 0 spiro atoms. The van der Waals surface area contributed by atoms with E-state index in [1.165, 1.54) is 0 Å². The molecule has 0 aliphatic carbocycles. The molecule has 152 valence electrons. The van der Waals surface area contributed by atoms with Crippen molar-refractivity contribution in [2.24, 2.45) is 0 Å². The van der Waals surface area contributed by atoms with Crippen molar-refractivity contribution in [3.63, 3.8) is 0 Å². The maximum Gasteiger partial charge on any atom is 0.258 e. The number of hydrogen-bond acceptors (Lipinski definition) is 5. The van der Waals surface area contributed by atoms with Crippen LogP contribution in [0.25, 0.3) is 0 Å². The first-order chi connectivity index (χ1) is 13.3. The first-order valence-electron chi connectivity index (χ1n) is 8.76. The number of nitrogens with one attached hydrogen (secondary N) is 3. The van der Waals surface area contributed by atoms with Gasteiger partial charge in [0, 0.05) is 29.5 Å². The lowest BCUT2D eigenvalue weighted by molar-refractivity contribution is -0.123. The number of amides is 1. The van der Waals surface area contributed by atoms with Gasteiger partial charge < -0.3 is 15.4 Å². The predicted molar refractivity (Wildman–Crippen MR) is 113 cm³/mol. The molecule has 3 N–H and O–H groups in total. The minimum atomic E-state index is -3.32. The molecule has 0 saturated carbocycles. The van der Waals surface area contributed by atoms with Gasteiger partial charge in [0.05, 0.1) is 6.26 Å². The van der Waals surface area contributed by atoms with E-state index in [1.807, 2.05) is 25.1 Å². The van der Waals surface area contributed by atoms with Gasteiger partial charge in [-0.3, -0.25) is 9.52 Å². The highest BCUT2D eigenvalue weighted by Gasteiger charge is 2.05. The zero-order chi connectivity index (χ0) is 20.6. The third-order valence-corrected chi connectivity index (χ3v) is 4.71. The van der Waals surface area contributed by atoms with Gasteiger partial charge in [-0.1, -0.05) is 18.5 Å². The van der Waals surface area contributed by atoms with Crippen molar-refractivity contribution in [2.45, 2.75) is 13.3 Å². The van der Waals surface area contributed by atoms with Gasteiger partial charge in [0.25, 0.3) is 5.91 Å². The van der Waals surface area contributed by atoms with E-state index in [0.29, 0.717) is 24.5 Å². The van der Waals surface area contributed by atoms with E-state index >= 15 is 0 Å². The lowest BCUT2D eigenvalue weighted by Crippen LogP contribution is -2.32. The van der Waals surface area contributed by atoms with Crippen LogP contribution in [0.4, 0.5) is 11.4 Å². The summed E-state index contributed by atoms with van der Waals surface area (Å²) in [7, 11) is -3.32. The number of rotatable bonds is 10. The molecule has 2 aromatic rings. The van der Waals surface area contributed by atoms with Crippen LogP contribution < -0.4 is 20.1 Å². The predicted octanol–water partition coefficient (Wildman–Crippen LogP) is 2.88. The van der Waals surface area contributed by atoms with Crippen LogP contribution in [0.2, 0.25) is 5.02 Å². The van der Waals surface area contributed by atoms with Gasteiger partial charge in [-0.25, -0.2) is 8.42 Å². The largest absolute Gasteiger partial charge is 0.484 e. The Morgan fingerprint density at radius 1 is 1.07 bits per heavy atom. The summed E-state index contributed by atoms with van der Waals surface area (Å²) >= 11 is 6.09. The summed E-state index contributed by atoms with van der Waals surface area (Å²) in [5.41, 5.74) is 2.45. The fourth-order valence-corrected chi connectivity index (χ4v) is 3.21. The van der Waals surface area contributed by atoms with Crippen LogP contribution >= 0.6 is 11.6 Å². The molecule has 28 heavy (non-hydrogen) atoms. The molecule has 0 radical (unpaired) electrons. The summed E-state index contributed by atoms with van der Waals surface area (Å²) in [4.78, 5) is 11.9. The maximum absolute atomic E-state index is 11.9. The number of anilines is 2. The first-order valence-corrected chi connectivity index (χ1v) is 11.0. The number of benzene rings is 2. The Balaban J connectivity index is 1.69. The van der Waals surface area contributed by atoms with Crippen molar-refractivity contribution < 1.29 is 17.9 Å². The lowest BCUT2D eigenvalue weighted by atomic mass is 10.1. The van der Waals surface area contributed by atoms with Crippen molar-refractivity contribution in [3.8, 4) is 5.75 Å². The van der Waals surface area contributed by atoms with Crippen LogP contribution in [0.3, 0.4) is 0 Å². The Labute approximate surface area is 170 Å². The lowest BCUT2D eigenvalue weighted by Gasteiger charge is -2.11. The Bertz CT molecular complexity index is 902. The molecular formula is C19H24ClN3O4S. The second kappa shape index (κ2) is 10.2. The average molecular weight is 426 g/mol. The van der Waals surface area contributed by atoms with E-state index in [-0.39, 0.29) is 12.5 Å². The first kappa shape index (κ1) is 21.8. The van der Waals surface area contributed by atoms with Crippen molar-refractivity contribution in [3.05, 3.63) is 53.1 Å². The highest BCUT2D eigenvalue weighted by molar-refractivity contribution is 7.92. The van der Waals surface area contributed by atoms with Crippen LogP contribution in [0.5, 0.6) is 5.75 Å². The summed E-state index contributed by atoms with van der Waals surface area (Å²) in [6, 6.07) is 12.1. The Morgan fingerprint density at radius 3 is 2.39 bits per heavy atom. The summed E-state index contributed by atoms with van der Waals surface area (Å²) in [6.45, 7) is 2.94. The molecule has 7 nitrogen and oxygen atoms in total. The van der Waals surface area contributed by atoms with E-state index < -0.39 is 10.0 Å². The SMILES string of the molecule is CCc1cc(NCCNC(=O)COc2ccc(NS(C)(=O)=O)cc2)ccc1Cl. The van der Waals surface area contributed by atoms with E-state index in [0.717, 1.165) is 29.0 Å². The summed E-state index contributed by atoms with van der Waals surface area (Å²) in [5.74, 6) is 0.228. The van der Waals surface area contributed by atoms with Crippen molar-refractivity contribution in [1.82, 2.24) is 5.32 Å². The van der Waals surface area contributed by atoms with Gasteiger partial charge in [0.15, 0.2) is 6.61 Å². The molecule has 9 heteroatoms. The standard InChI is InChI=1S/C19H24ClN3O4S/c1-3-14-12-16(6-9-18(14)20)21-10-11-22-19(24)13-27-17-7-4-15(5-8-17)23-28(2,25)26/h4-9,12,21,23H,3,10-11,13H2,1-2H3,(H,22,24). The number of carbonyl (C=O) groups excluding carboxylic acids is 1. The Morgan fingerprint density at radius 2 is 1.75 bits per heavy atom. The van der Waals surface area contributed by atoms with E-state index in [9.17, 15) is 13.2 Å². The molecule has 0 aliphatic heterocycles. The second-order valence-corrected chi connectivity index (χ2v) is 8.28. The van der Waals surface area contributed by atoms with Gasteiger partial charge >= 0.3 is 0 Å². The minimum Gasteiger partial charge on any atom is -0.484 e. The number of carbonyl (C=O) groups is 1. The number of halogens is 1. The highest BCUT2D eigenvalue weighted by atomic mass is 35.5. The quantitative estimate of drug-likeness (QED) is 0.508. The molecule has 0 atom stereocenters. The third kappa shape index (κ3) is 7.66. The number of ether oxygens (including phenoxy) is 1. The van der Waals surface area contributed by atoms with Crippen molar-refractivity contribution >= 4 is 38.9 Å². The summed E-state index contributed by atoms with van der Waals surface area (Å²) in [6.07, 6.45) is 1.93. The van der Waals surface area contributed by atoms with Crippen LogP contribution in [0.15, 0.2) is 42.5 Å². The Kier molecular flexibility index (Phi) is 7.95. The minimum absolute atomic E-state index is 0.125. The van der Waals surface area contributed by atoms with Crippen molar-refractivity contribution in [1.29, 1.82) is 0 Å². The van der Waals surface area contributed by atoms with E-state index in [1.54, 1.807) is 24.3 Å². The molecule has 0 bridgehead atoms. The summed E-state index contributed by atoms with van der Waals surface area (Å²) in [5, 5.41) is 6.74. The molecule has 0 aromatic heterocycles. The maximum atomic E-state index is 11.9. The van der Waals surface area contributed by atoms with Gasteiger partial charge in [-0.05, 0) is 54.4 Å². The van der Waals surface area contributed by atoms with Gasteiger partial charge in [0.1, 0.15) is 5.75 Å². The highest BCUT2D eigenvalue weighted by Crippen LogP contribution is 2.20. The van der Waals surface area contributed by atoms with E-state index in [2.05, 4.69) is 15.4 Å². The number of sulfonamides is 1. The van der Waals surface area contributed by atoms with Crippen LogP contribution in [0, 0.1) is 0 Å². The summed E-state index contributed by atoms with van der Waals surface area (Å²) < 4.78 is 30.1. The molecule has 2 aromatic carbocycles. The molecular weight excluding hydrogens is 402 g/mol. The fraction of sp³-hybridized carbons (Fsp3) is 0.316. The van der Waals surface area contributed by atoms with Crippen molar-refractivity contribution in [2.75, 3.05) is 36.0 Å². The third-order valence-electron chi connectivity index (χ3n) is 3.73. The smallest absolute Gasteiger partial charge is 0.258 e. The number of hydrogen-bond donors (Lipinski definition) is 3. The fourth-order valence-electron chi connectivity index (χ4n) is 2.40. The van der Waals surface area contributed by atoms with Gasteiger partial charge in [-0.2, -0.15) is 0 Å². The molecule has 0 saturated heterocycles.